The molecule has 3 rings (SSSR count). The molecule has 0 bridgehead atoms. The van der Waals surface area contributed by atoms with Gasteiger partial charge in [0.05, 0.1) is 5.69 Å². The normalized spacial score (nSPS) is 14.3. The molecule has 1 aromatic carbocycles. The van der Waals surface area contributed by atoms with Crippen LogP contribution in [-0.4, -0.2) is 25.9 Å². The Hall–Kier alpha value is -2.27. The minimum absolute atomic E-state index is 0.125. The van der Waals surface area contributed by atoms with Crippen LogP contribution in [0.4, 0.5) is 0 Å². The van der Waals surface area contributed by atoms with Gasteiger partial charge >= 0.3 is 5.97 Å². The Morgan fingerprint density at radius 3 is 2.79 bits per heavy atom. The maximum atomic E-state index is 10.8. The number of nitrogens with zero attached hydrogens (tertiary/aromatic N) is 3. The topological polar surface area (TPSA) is 66.3 Å². The van der Waals surface area contributed by atoms with Crippen molar-refractivity contribution in [2.24, 2.45) is 0 Å². The van der Waals surface area contributed by atoms with Gasteiger partial charge in [-0.2, -0.15) is 0 Å². The number of benzene rings is 1. The van der Waals surface area contributed by atoms with Crippen molar-refractivity contribution in [1.82, 2.24) is 14.9 Å². The van der Waals surface area contributed by atoms with Gasteiger partial charge in [0, 0.05) is 31.4 Å². The first-order valence-corrected chi connectivity index (χ1v) is 6.07. The first-order chi connectivity index (χ1) is 9.22. The molecule has 0 saturated carbocycles. The summed E-state index contributed by atoms with van der Waals surface area (Å²) in [7, 11) is 0. The van der Waals surface area contributed by atoms with E-state index < -0.39 is 5.97 Å². The summed E-state index contributed by atoms with van der Waals surface area (Å²) in [5, 5.41) is 8.88. The molecule has 1 aromatic heterocycles. The van der Waals surface area contributed by atoms with Gasteiger partial charge in [0.25, 0.3) is 0 Å². The number of aromatic nitrogens is 2. The summed E-state index contributed by atoms with van der Waals surface area (Å²) in [6.07, 6.45) is 1.62. The van der Waals surface area contributed by atoms with Crippen LogP contribution in [-0.2, 0) is 19.6 Å². The number of carboxylic acid groups (broad SMARTS) is 1. The zero-order valence-electron chi connectivity index (χ0n) is 10.3. The first-order valence-electron chi connectivity index (χ1n) is 6.07. The van der Waals surface area contributed by atoms with E-state index >= 15 is 0 Å². The molecule has 1 aliphatic heterocycles. The van der Waals surface area contributed by atoms with Gasteiger partial charge in [-0.25, -0.2) is 14.8 Å². The first kappa shape index (κ1) is 11.8. The van der Waals surface area contributed by atoms with Gasteiger partial charge < -0.3 is 5.11 Å². The van der Waals surface area contributed by atoms with Crippen molar-refractivity contribution in [3.8, 4) is 0 Å². The van der Waals surface area contributed by atoms with Crippen molar-refractivity contribution >= 4 is 5.97 Å². The zero-order chi connectivity index (χ0) is 13.2. The predicted molar refractivity (Wildman–Crippen MR) is 68.4 cm³/mol. The predicted octanol–water partition coefficient (Wildman–Crippen LogP) is 1.69. The van der Waals surface area contributed by atoms with Crippen molar-refractivity contribution in [3.05, 3.63) is 59.2 Å². The van der Waals surface area contributed by atoms with E-state index in [9.17, 15) is 4.79 Å². The van der Waals surface area contributed by atoms with Gasteiger partial charge in [-0.05, 0) is 5.56 Å². The molecule has 96 valence electrons. The maximum Gasteiger partial charge on any atom is 0.373 e. The lowest BCUT2D eigenvalue weighted by molar-refractivity contribution is 0.0683. The maximum absolute atomic E-state index is 10.8. The second kappa shape index (κ2) is 4.78. The Morgan fingerprint density at radius 1 is 1.26 bits per heavy atom. The van der Waals surface area contributed by atoms with E-state index in [1.54, 1.807) is 6.20 Å². The molecular formula is C14H13N3O2. The third kappa shape index (κ3) is 2.46. The van der Waals surface area contributed by atoms with Gasteiger partial charge in [0.1, 0.15) is 0 Å². The lowest BCUT2D eigenvalue weighted by atomic mass is 10.2. The van der Waals surface area contributed by atoms with Crippen LogP contribution in [0.15, 0.2) is 36.5 Å². The van der Waals surface area contributed by atoms with Crippen molar-refractivity contribution < 1.29 is 9.90 Å². The number of hydrogen-bond acceptors (Lipinski definition) is 4. The highest BCUT2D eigenvalue weighted by atomic mass is 16.4. The Labute approximate surface area is 110 Å². The lowest BCUT2D eigenvalue weighted by Crippen LogP contribution is -2.15. The summed E-state index contributed by atoms with van der Waals surface area (Å²) < 4.78 is 0. The highest BCUT2D eigenvalue weighted by Gasteiger charge is 2.22. The number of aromatic carboxylic acids is 1. The van der Waals surface area contributed by atoms with Gasteiger partial charge in [0.2, 0.25) is 5.82 Å². The lowest BCUT2D eigenvalue weighted by Gasteiger charge is -2.13. The molecule has 0 radical (unpaired) electrons. The third-order valence-corrected chi connectivity index (χ3v) is 3.16. The van der Waals surface area contributed by atoms with Crippen LogP contribution in [0.5, 0.6) is 0 Å². The molecule has 5 heteroatoms. The average molecular weight is 255 g/mol. The summed E-state index contributed by atoms with van der Waals surface area (Å²) in [5.74, 6) is -1.20. The highest BCUT2D eigenvalue weighted by Crippen LogP contribution is 2.22. The van der Waals surface area contributed by atoms with Crippen molar-refractivity contribution in [2.75, 3.05) is 0 Å². The van der Waals surface area contributed by atoms with E-state index in [1.165, 1.54) is 5.56 Å². The summed E-state index contributed by atoms with van der Waals surface area (Å²) in [5.41, 5.74) is 3.07. The molecule has 0 atom stereocenters. The van der Waals surface area contributed by atoms with E-state index in [0.717, 1.165) is 24.3 Å². The Bertz CT molecular complexity index is 613. The third-order valence-electron chi connectivity index (χ3n) is 3.16. The second-order valence-corrected chi connectivity index (χ2v) is 4.60. The molecule has 2 aromatic rings. The Balaban J connectivity index is 1.75. The van der Waals surface area contributed by atoms with Crippen LogP contribution >= 0.6 is 0 Å². The van der Waals surface area contributed by atoms with Crippen LogP contribution < -0.4 is 0 Å². The molecule has 0 fully saturated rings. The number of hydrogen-bond donors (Lipinski definition) is 1. The van der Waals surface area contributed by atoms with Crippen molar-refractivity contribution in [3.63, 3.8) is 0 Å². The van der Waals surface area contributed by atoms with E-state index in [2.05, 4.69) is 27.0 Å². The Kier molecular flexibility index (Phi) is 2.97. The molecule has 1 N–H and O–H groups in total. The smallest absolute Gasteiger partial charge is 0.373 e. The summed E-state index contributed by atoms with van der Waals surface area (Å²) in [6, 6.07) is 10.2. The van der Waals surface area contributed by atoms with Crippen LogP contribution in [0.25, 0.3) is 0 Å². The van der Waals surface area contributed by atoms with E-state index in [0.29, 0.717) is 6.54 Å². The Morgan fingerprint density at radius 2 is 2.05 bits per heavy atom. The minimum Gasteiger partial charge on any atom is -0.475 e. The molecule has 19 heavy (non-hydrogen) atoms. The largest absolute Gasteiger partial charge is 0.475 e. The molecule has 0 spiro atoms. The van der Waals surface area contributed by atoms with Gasteiger partial charge in [-0.15, -0.1) is 0 Å². The van der Waals surface area contributed by atoms with E-state index in [4.69, 9.17) is 5.11 Å². The molecule has 0 saturated heterocycles. The fourth-order valence-corrected chi connectivity index (χ4v) is 2.28. The molecule has 1 aliphatic rings. The molecule has 0 unspecified atom stereocenters. The monoisotopic (exact) mass is 255 g/mol. The summed E-state index contributed by atoms with van der Waals surface area (Å²) in [6.45, 7) is 2.27. The van der Waals surface area contributed by atoms with Crippen LogP contribution in [0.1, 0.15) is 27.4 Å². The summed E-state index contributed by atoms with van der Waals surface area (Å²) in [4.78, 5) is 21.0. The highest BCUT2D eigenvalue weighted by molar-refractivity contribution is 5.83. The SMILES string of the molecule is O=C(O)c1ncc2c(n1)CN(Cc1ccccc1)C2. The van der Waals surface area contributed by atoms with Gasteiger partial charge in [0.15, 0.2) is 0 Å². The molecule has 2 heterocycles. The number of carboxylic acids is 1. The minimum atomic E-state index is -1.08. The number of fused-ring (bicyclic) bond motifs is 1. The van der Waals surface area contributed by atoms with Crippen LogP contribution in [0.2, 0.25) is 0 Å². The van der Waals surface area contributed by atoms with Crippen molar-refractivity contribution in [2.45, 2.75) is 19.6 Å². The zero-order valence-corrected chi connectivity index (χ0v) is 10.3. The fraction of sp³-hybridized carbons (Fsp3) is 0.214. The number of carbonyl (C=O) groups is 1. The van der Waals surface area contributed by atoms with Crippen LogP contribution in [0.3, 0.4) is 0 Å². The molecule has 0 aliphatic carbocycles. The standard InChI is InChI=1S/C14H13N3O2/c18-14(19)13-15-6-11-8-17(9-12(11)16-13)7-10-4-2-1-3-5-10/h1-6H,7-9H2,(H,18,19). The summed E-state index contributed by atoms with van der Waals surface area (Å²) >= 11 is 0. The average Bonchev–Trinajstić information content (AvgIpc) is 2.80. The van der Waals surface area contributed by atoms with Gasteiger partial charge in [-0.3, -0.25) is 4.90 Å². The van der Waals surface area contributed by atoms with Gasteiger partial charge in [-0.1, -0.05) is 30.3 Å². The fourth-order valence-electron chi connectivity index (χ4n) is 2.28. The van der Waals surface area contributed by atoms with E-state index in [1.807, 2.05) is 18.2 Å². The van der Waals surface area contributed by atoms with E-state index in [-0.39, 0.29) is 5.82 Å². The number of rotatable bonds is 3. The second-order valence-electron chi connectivity index (χ2n) is 4.60. The molecule has 5 nitrogen and oxygen atoms in total. The quantitative estimate of drug-likeness (QED) is 0.904. The van der Waals surface area contributed by atoms with Crippen LogP contribution in [0, 0.1) is 0 Å². The molecule has 0 amide bonds. The molecular weight excluding hydrogens is 242 g/mol. The van der Waals surface area contributed by atoms with Crippen molar-refractivity contribution in [1.29, 1.82) is 0 Å².